The predicted molar refractivity (Wildman–Crippen MR) is 112 cm³/mol. The van der Waals surface area contributed by atoms with Gasteiger partial charge in [0.25, 0.3) is 0 Å². The number of rotatable bonds is 5. The van der Waals surface area contributed by atoms with Gasteiger partial charge in [0.05, 0.1) is 21.3 Å². The van der Waals surface area contributed by atoms with Gasteiger partial charge in [-0.2, -0.15) is 0 Å². The van der Waals surface area contributed by atoms with Crippen LogP contribution in [0.3, 0.4) is 0 Å². The molecule has 0 unspecified atom stereocenters. The second-order valence-corrected chi connectivity index (χ2v) is 7.61. The Balaban J connectivity index is 1.71. The van der Waals surface area contributed by atoms with E-state index >= 15 is 0 Å². The molecule has 6 heteroatoms. The van der Waals surface area contributed by atoms with Gasteiger partial charge in [-0.15, -0.1) is 0 Å². The summed E-state index contributed by atoms with van der Waals surface area (Å²) in [5, 5.41) is 2.96. The number of allylic oxidation sites excluding steroid dienone is 2. The second kappa shape index (κ2) is 8.22. The Kier molecular flexibility index (Phi) is 5.48. The number of carbonyl (C=O) groups excluding carboxylic acids is 2. The molecule has 1 aliphatic carbocycles. The van der Waals surface area contributed by atoms with E-state index in [1.54, 1.807) is 21.3 Å². The Morgan fingerprint density at radius 1 is 0.833 bits per heavy atom. The first-order valence-corrected chi connectivity index (χ1v) is 9.96. The molecule has 156 valence electrons. The summed E-state index contributed by atoms with van der Waals surface area (Å²) in [4.78, 5) is 25.7. The molecule has 0 fully saturated rings. The number of ketones is 1. The maximum absolute atomic E-state index is 13.3. The lowest BCUT2D eigenvalue weighted by Gasteiger charge is -2.35. The average Bonchev–Trinajstić information content (AvgIpc) is 2.77. The maximum Gasteiger partial charge on any atom is 0.225 e. The summed E-state index contributed by atoms with van der Waals surface area (Å²) in [6, 6.07) is 13.2. The van der Waals surface area contributed by atoms with Crippen LogP contribution in [0.1, 0.15) is 42.2 Å². The molecule has 6 nitrogen and oxygen atoms in total. The number of ether oxygens (including phenoxy) is 3. The van der Waals surface area contributed by atoms with Gasteiger partial charge < -0.3 is 19.5 Å². The third-order valence-electron chi connectivity index (χ3n) is 5.93. The Hall–Kier alpha value is -3.28. The largest absolute Gasteiger partial charge is 0.497 e. The fourth-order valence-electron chi connectivity index (χ4n) is 4.46. The maximum atomic E-state index is 13.3. The van der Waals surface area contributed by atoms with Gasteiger partial charge >= 0.3 is 0 Å². The topological polar surface area (TPSA) is 73.9 Å². The van der Waals surface area contributed by atoms with E-state index in [1.807, 2.05) is 42.5 Å². The van der Waals surface area contributed by atoms with E-state index in [-0.39, 0.29) is 29.9 Å². The van der Waals surface area contributed by atoms with Crippen LogP contribution in [0.2, 0.25) is 0 Å². The molecule has 2 aromatic carbocycles. The number of hydrogen-bond acceptors (Lipinski definition) is 5. The molecule has 1 N–H and O–H groups in total. The monoisotopic (exact) mass is 407 g/mol. The van der Waals surface area contributed by atoms with Crippen molar-refractivity contribution in [1.29, 1.82) is 0 Å². The second-order valence-electron chi connectivity index (χ2n) is 7.61. The van der Waals surface area contributed by atoms with Crippen molar-refractivity contribution in [3.8, 4) is 17.2 Å². The highest BCUT2D eigenvalue weighted by molar-refractivity contribution is 6.02. The van der Waals surface area contributed by atoms with Gasteiger partial charge in [-0.1, -0.05) is 12.1 Å². The van der Waals surface area contributed by atoms with Crippen LogP contribution in [0.5, 0.6) is 17.2 Å². The van der Waals surface area contributed by atoms with Crippen LogP contribution in [-0.4, -0.2) is 33.0 Å². The van der Waals surface area contributed by atoms with Crippen molar-refractivity contribution in [3.05, 3.63) is 64.9 Å². The standard InChI is InChI=1S/C24H25NO5/c1-28-16-6-4-14(5-7-16)19-13-23(27)25-20-10-15(11-21(26)24(19)20)18-12-17(29-2)8-9-22(18)30-3/h4-9,12,15,19H,10-11,13H2,1-3H3,(H,25,27)/t15-,19-/m0/s1. The lowest BCUT2D eigenvalue weighted by molar-refractivity contribution is -0.122. The minimum atomic E-state index is -0.236. The van der Waals surface area contributed by atoms with Gasteiger partial charge in [-0.3, -0.25) is 9.59 Å². The molecule has 0 saturated carbocycles. The van der Waals surface area contributed by atoms with Crippen molar-refractivity contribution in [2.45, 2.75) is 31.1 Å². The molecule has 0 spiro atoms. The summed E-state index contributed by atoms with van der Waals surface area (Å²) in [6.07, 6.45) is 1.21. The van der Waals surface area contributed by atoms with Crippen molar-refractivity contribution >= 4 is 11.7 Å². The molecular formula is C24H25NO5. The Morgan fingerprint density at radius 3 is 2.20 bits per heavy atom. The Bertz CT molecular complexity index is 1010. The number of amides is 1. The highest BCUT2D eigenvalue weighted by Gasteiger charge is 2.38. The van der Waals surface area contributed by atoms with Crippen molar-refractivity contribution in [2.75, 3.05) is 21.3 Å². The van der Waals surface area contributed by atoms with Crippen LogP contribution < -0.4 is 19.5 Å². The summed E-state index contributed by atoms with van der Waals surface area (Å²) in [5.74, 6) is 1.84. The van der Waals surface area contributed by atoms with E-state index in [1.165, 1.54) is 0 Å². The van der Waals surface area contributed by atoms with E-state index < -0.39 is 0 Å². The highest BCUT2D eigenvalue weighted by atomic mass is 16.5. The molecule has 1 heterocycles. The smallest absolute Gasteiger partial charge is 0.225 e. The molecule has 1 amide bonds. The first kappa shape index (κ1) is 20.0. The fraction of sp³-hybridized carbons (Fsp3) is 0.333. The molecular weight excluding hydrogens is 382 g/mol. The number of carbonyl (C=O) groups is 2. The van der Waals surface area contributed by atoms with Crippen LogP contribution in [0.4, 0.5) is 0 Å². The zero-order valence-electron chi connectivity index (χ0n) is 17.4. The van der Waals surface area contributed by atoms with Crippen molar-refractivity contribution in [1.82, 2.24) is 5.32 Å². The lowest BCUT2D eigenvalue weighted by Crippen LogP contribution is -2.38. The first-order chi connectivity index (χ1) is 14.5. The first-order valence-electron chi connectivity index (χ1n) is 9.96. The number of benzene rings is 2. The summed E-state index contributed by atoms with van der Waals surface area (Å²) >= 11 is 0. The van der Waals surface area contributed by atoms with Gasteiger partial charge in [-0.05, 0) is 42.3 Å². The van der Waals surface area contributed by atoms with Gasteiger partial charge in [0, 0.05) is 41.5 Å². The molecule has 2 aliphatic rings. The quantitative estimate of drug-likeness (QED) is 0.818. The van der Waals surface area contributed by atoms with Gasteiger partial charge in [0.2, 0.25) is 5.91 Å². The van der Waals surface area contributed by atoms with Crippen molar-refractivity contribution in [2.24, 2.45) is 0 Å². The number of nitrogens with one attached hydrogen (secondary N) is 1. The van der Waals surface area contributed by atoms with Crippen LogP contribution >= 0.6 is 0 Å². The average molecular weight is 407 g/mol. The summed E-state index contributed by atoms with van der Waals surface area (Å²) < 4.78 is 16.1. The SMILES string of the molecule is COc1ccc([C@@H]2CC(=O)NC3=C2C(=O)C[C@@H](c2cc(OC)ccc2OC)C3)cc1. The summed E-state index contributed by atoms with van der Waals surface area (Å²) in [6.45, 7) is 0. The Labute approximate surface area is 175 Å². The number of methoxy groups -OCH3 is 3. The van der Waals surface area contributed by atoms with Crippen LogP contribution in [-0.2, 0) is 9.59 Å². The third-order valence-corrected chi connectivity index (χ3v) is 5.93. The Morgan fingerprint density at radius 2 is 1.53 bits per heavy atom. The molecule has 4 rings (SSSR count). The number of Topliss-reactive ketones (excluding diaryl/α,β-unsaturated/α-hetero) is 1. The molecule has 0 radical (unpaired) electrons. The normalized spacial score (nSPS) is 21.0. The molecule has 0 bridgehead atoms. The van der Waals surface area contributed by atoms with Gasteiger partial charge in [0.1, 0.15) is 17.2 Å². The minimum absolute atomic E-state index is 0.0620. The number of hydrogen-bond donors (Lipinski definition) is 1. The molecule has 2 aromatic rings. The van der Waals surface area contributed by atoms with Gasteiger partial charge in [-0.25, -0.2) is 0 Å². The molecule has 30 heavy (non-hydrogen) atoms. The molecule has 1 aliphatic heterocycles. The zero-order chi connectivity index (χ0) is 21.3. The van der Waals surface area contributed by atoms with Crippen molar-refractivity contribution in [3.63, 3.8) is 0 Å². The van der Waals surface area contributed by atoms with Crippen LogP contribution in [0.15, 0.2) is 53.7 Å². The minimum Gasteiger partial charge on any atom is -0.497 e. The van der Waals surface area contributed by atoms with E-state index in [0.717, 1.165) is 28.1 Å². The predicted octanol–water partition coefficient (Wildman–Crippen LogP) is 3.72. The summed E-state index contributed by atoms with van der Waals surface area (Å²) in [7, 11) is 4.84. The van der Waals surface area contributed by atoms with Crippen molar-refractivity contribution < 1.29 is 23.8 Å². The summed E-state index contributed by atoms with van der Waals surface area (Å²) in [5.41, 5.74) is 3.30. The van der Waals surface area contributed by atoms with E-state index in [2.05, 4.69) is 5.32 Å². The molecule has 0 aromatic heterocycles. The van der Waals surface area contributed by atoms with Crippen LogP contribution in [0, 0.1) is 0 Å². The highest BCUT2D eigenvalue weighted by Crippen LogP contribution is 2.45. The third kappa shape index (κ3) is 3.65. The van der Waals surface area contributed by atoms with Crippen LogP contribution in [0.25, 0.3) is 0 Å². The van der Waals surface area contributed by atoms with E-state index in [0.29, 0.717) is 24.3 Å². The van der Waals surface area contributed by atoms with Gasteiger partial charge in [0.15, 0.2) is 5.78 Å². The van der Waals surface area contributed by atoms with E-state index in [4.69, 9.17) is 14.2 Å². The molecule has 0 saturated heterocycles. The lowest BCUT2D eigenvalue weighted by atomic mass is 9.73. The molecule has 2 atom stereocenters. The zero-order valence-corrected chi connectivity index (χ0v) is 17.4. The fourth-order valence-corrected chi connectivity index (χ4v) is 4.46. The van der Waals surface area contributed by atoms with E-state index in [9.17, 15) is 9.59 Å².